The van der Waals surface area contributed by atoms with E-state index in [1.165, 1.54) is 4.90 Å². The number of methoxy groups -OCH3 is 1. The van der Waals surface area contributed by atoms with Gasteiger partial charge < -0.3 is 20.3 Å². The van der Waals surface area contributed by atoms with Crippen molar-refractivity contribution in [3.05, 3.63) is 48.5 Å². The molecular formula is C20H25N3O3. The first-order chi connectivity index (χ1) is 12.5. The Morgan fingerprint density at radius 1 is 1.15 bits per heavy atom. The van der Waals surface area contributed by atoms with Crippen molar-refractivity contribution >= 4 is 17.6 Å². The molecule has 0 heterocycles. The van der Waals surface area contributed by atoms with E-state index >= 15 is 0 Å². The van der Waals surface area contributed by atoms with Gasteiger partial charge in [-0.05, 0) is 30.7 Å². The minimum Gasteiger partial charge on any atom is -0.497 e. The zero-order valence-electron chi connectivity index (χ0n) is 15.6. The summed E-state index contributed by atoms with van der Waals surface area (Å²) in [5.74, 6) is 0.647. The average Bonchev–Trinajstić information content (AvgIpc) is 2.67. The second-order valence-corrected chi connectivity index (χ2v) is 6.04. The van der Waals surface area contributed by atoms with E-state index in [1.807, 2.05) is 55.5 Å². The second-order valence-electron chi connectivity index (χ2n) is 6.04. The Kier molecular flexibility index (Phi) is 6.60. The molecule has 2 aromatic carbocycles. The molecule has 138 valence electrons. The summed E-state index contributed by atoms with van der Waals surface area (Å²) >= 11 is 0. The summed E-state index contributed by atoms with van der Waals surface area (Å²) in [6.45, 7) is 1.84. The number of anilines is 1. The van der Waals surface area contributed by atoms with Gasteiger partial charge in [-0.2, -0.15) is 0 Å². The molecular weight excluding hydrogens is 330 g/mol. The quantitative estimate of drug-likeness (QED) is 0.835. The molecule has 26 heavy (non-hydrogen) atoms. The summed E-state index contributed by atoms with van der Waals surface area (Å²) in [5.41, 5.74) is 2.54. The molecule has 0 saturated heterocycles. The van der Waals surface area contributed by atoms with Crippen LogP contribution in [0.4, 0.5) is 10.5 Å². The maximum Gasteiger partial charge on any atom is 0.321 e. The molecule has 0 unspecified atom stereocenters. The molecule has 6 nitrogen and oxygen atoms in total. The first kappa shape index (κ1) is 19.3. The van der Waals surface area contributed by atoms with Crippen LogP contribution in [-0.4, -0.2) is 44.1 Å². The third-order valence-electron chi connectivity index (χ3n) is 4.29. The van der Waals surface area contributed by atoms with Crippen molar-refractivity contribution in [1.29, 1.82) is 0 Å². The van der Waals surface area contributed by atoms with Crippen molar-refractivity contribution in [2.75, 3.05) is 26.5 Å². The second kappa shape index (κ2) is 8.89. The summed E-state index contributed by atoms with van der Waals surface area (Å²) in [6.07, 6.45) is 0.248. The van der Waals surface area contributed by atoms with Crippen molar-refractivity contribution < 1.29 is 14.3 Å². The van der Waals surface area contributed by atoms with Crippen LogP contribution in [0.2, 0.25) is 0 Å². The monoisotopic (exact) mass is 355 g/mol. The van der Waals surface area contributed by atoms with Crippen LogP contribution in [0.5, 0.6) is 5.75 Å². The number of ether oxygens (including phenoxy) is 1. The number of nitrogens with zero attached hydrogens (tertiary/aromatic N) is 1. The molecule has 0 fully saturated rings. The SMILES string of the molecule is CNC(=O)C[C@@H](C)N(C)C(=O)Nc1ccccc1-c1cccc(OC)c1. The van der Waals surface area contributed by atoms with Gasteiger partial charge in [-0.3, -0.25) is 4.79 Å². The van der Waals surface area contributed by atoms with Crippen LogP contribution in [0.3, 0.4) is 0 Å². The maximum absolute atomic E-state index is 12.6. The number of amides is 3. The number of hydrogen-bond donors (Lipinski definition) is 2. The fraction of sp³-hybridized carbons (Fsp3) is 0.300. The molecule has 0 radical (unpaired) electrons. The maximum atomic E-state index is 12.6. The normalized spacial score (nSPS) is 11.4. The summed E-state index contributed by atoms with van der Waals surface area (Å²) < 4.78 is 5.28. The van der Waals surface area contributed by atoms with Crippen LogP contribution in [0.1, 0.15) is 13.3 Å². The smallest absolute Gasteiger partial charge is 0.321 e. The lowest BCUT2D eigenvalue weighted by Gasteiger charge is -2.25. The largest absolute Gasteiger partial charge is 0.497 e. The van der Waals surface area contributed by atoms with E-state index in [4.69, 9.17) is 4.74 Å². The summed E-state index contributed by atoms with van der Waals surface area (Å²) in [6, 6.07) is 14.8. The Labute approximate surface area is 154 Å². The zero-order valence-corrected chi connectivity index (χ0v) is 15.6. The van der Waals surface area contributed by atoms with E-state index < -0.39 is 0 Å². The molecule has 3 amide bonds. The Morgan fingerprint density at radius 2 is 1.88 bits per heavy atom. The third-order valence-corrected chi connectivity index (χ3v) is 4.29. The van der Waals surface area contributed by atoms with Crippen molar-refractivity contribution in [3.63, 3.8) is 0 Å². The van der Waals surface area contributed by atoms with Gasteiger partial charge in [0.1, 0.15) is 5.75 Å². The summed E-state index contributed by atoms with van der Waals surface area (Å²) in [5, 5.41) is 5.50. The first-order valence-electron chi connectivity index (χ1n) is 8.44. The Balaban J connectivity index is 2.19. The van der Waals surface area contributed by atoms with Gasteiger partial charge in [-0.1, -0.05) is 30.3 Å². The van der Waals surface area contributed by atoms with Gasteiger partial charge in [0.25, 0.3) is 0 Å². The lowest BCUT2D eigenvalue weighted by atomic mass is 10.0. The molecule has 0 aliphatic rings. The third kappa shape index (κ3) is 4.75. The average molecular weight is 355 g/mol. The number of carbonyl (C=O) groups is 2. The van der Waals surface area contributed by atoms with Gasteiger partial charge in [-0.15, -0.1) is 0 Å². The van der Waals surface area contributed by atoms with E-state index in [0.29, 0.717) is 5.69 Å². The van der Waals surface area contributed by atoms with E-state index in [2.05, 4.69) is 10.6 Å². The standard InChI is InChI=1S/C20H25N3O3/c1-14(12-19(24)21-2)23(3)20(25)22-18-11-6-5-10-17(18)15-8-7-9-16(13-15)26-4/h5-11,13-14H,12H2,1-4H3,(H,21,24)(H,22,25)/t14-/m1/s1. The fourth-order valence-electron chi connectivity index (χ4n) is 2.55. The number of carbonyl (C=O) groups excluding carboxylic acids is 2. The highest BCUT2D eigenvalue weighted by molar-refractivity contribution is 5.94. The highest BCUT2D eigenvalue weighted by Crippen LogP contribution is 2.30. The van der Waals surface area contributed by atoms with Crippen molar-refractivity contribution in [2.24, 2.45) is 0 Å². The van der Waals surface area contributed by atoms with Gasteiger partial charge in [-0.25, -0.2) is 4.79 Å². The number of urea groups is 1. The Morgan fingerprint density at radius 3 is 2.58 bits per heavy atom. The molecule has 2 rings (SSSR count). The molecule has 1 atom stereocenters. The van der Waals surface area contributed by atoms with E-state index in [9.17, 15) is 9.59 Å². The number of benzene rings is 2. The number of nitrogens with one attached hydrogen (secondary N) is 2. The van der Waals surface area contributed by atoms with E-state index in [1.54, 1.807) is 21.2 Å². The van der Waals surface area contributed by atoms with Gasteiger partial charge in [0, 0.05) is 32.1 Å². The van der Waals surface area contributed by atoms with E-state index in [-0.39, 0.29) is 24.4 Å². The zero-order chi connectivity index (χ0) is 19.1. The molecule has 0 aliphatic heterocycles. The van der Waals surface area contributed by atoms with Gasteiger partial charge >= 0.3 is 6.03 Å². The van der Waals surface area contributed by atoms with E-state index in [0.717, 1.165) is 16.9 Å². The van der Waals surface area contributed by atoms with Gasteiger partial charge in [0.05, 0.1) is 12.8 Å². The molecule has 0 spiro atoms. The van der Waals surface area contributed by atoms with Crippen molar-refractivity contribution in [3.8, 4) is 16.9 Å². The Bertz CT molecular complexity index is 776. The van der Waals surface area contributed by atoms with Crippen LogP contribution in [0.15, 0.2) is 48.5 Å². The minimum absolute atomic E-state index is 0.103. The van der Waals surface area contributed by atoms with Gasteiger partial charge in [0.2, 0.25) is 5.91 Å². The van der Waals surface area contributed by atoms with Crippen molar-refractivity contribution in [1.82, 2.24) is 10.2 Å². The predicted molar refractivity (Wildman–Crippen MR) is 103 cm³/mol. The lowest BCUT2D eigenvalue weighted by Crippen LogP contribution is -2.40. The molecule has 0 bridgehead atoms. The van der Waals surface area contributed by atoms with Gasteiger partial charge in [0.15, 0.2) is 0 Å². The van der Waals surface area contributed by atoms with Crippen molar-refractivity contribution in [2.45, 2.75) is 19.4 Å². The first-order valence-corrected chi connectivity index (χ1v) is 8.44. The molecule has 0 aromatic heterocycles. The van der Waals surface area contributed by atoms with Crippen LogP contribution in [0, 0.1) is 0 Å². The van der Waals surface area contributed by atoms with Crippen LogP contribution in [0.25, 0.3) is 11.1 Å². The highest BCUT2D eigenvalue weighted by atomic mass is 16.5. The predicted octanol–water partition coefficient (Wildman–Crippen LogP) is 3.35. The summed E-state index contributed by atoms with van der Waals surface area (Å²) in [7, 11) is 4.88. The molecule has 0 aliphatic carbocycles. The Hall–Kier alpha value is -3.02. The number of hydrogen-bond acceptors (Lipinski definition) is 3. The topological polar surface area (TPSA) is 70.7 Å². The van der Waals surface area contributed by atoms with Crippen LogP contribution >= 0.6 is 0 Å². The van der Waals surface area contributed by atoms with Crippen LogP contribution < -0.4 is 15.4 Å². The number of para-hydroxylation sites is 1. The fourth-order valence-corrected chi connectivity index (χ4v) is 2.55. The molecule has 0 saturated carbocycles. The lowest BCUT2D eigenvalue weighted by molar-refractivity contribution is -0.121. The molecule has 2 aromatic rings. The molecule has 2 N–H and O–H groups in total. The minimum atomic E-state index is -0.267. The number of rotatable bonds is 6. The van der Waals surface area contributed by atoms with Crippen LogP contribution in [-0.2, 0) is 4.79 Å². The summed E-state index contributed by atoms with van der Waals surface area (Å²) in [4.78, 5) is 25.6. The highest BCUT2D eigenvalue weighted by Gasteiger charge is 2.19. The molecule has 6 heteroatoms.